The number of aliphatic imine (C=N–C) groups is 1. The molecule has 2 aliphatic rings. The Bertz CT molecular complexity index is 630. The van der Waals surface area contributed by atoms with E-state index in [-0.39, 0.29) is 12.0 Å². The summed E-state index contributed by atoms with van der Waals surface area (Å²) < 4.78 is 2.34. The van der Waals surface area contributed by atoms with Crippen LogP contribution >= 0.6 is 0 Å². The molecular weight excluding hydrogens is 364 g/mol. The molecule has 1 aromatic rings. The molecule has 29 heavy (non-hydrogen) atoms. The monoisotopic (exact) mass is 404 g/mol. The van der Waals surface area contributed by atoms with Crippen molar-refractivity contribution in [2.24, 2.45) is 10.4 Å². The maximum absolute atomic E-state index is 9.53. The van der Waals surface area contributed by atoms with E-state index in [0.717, 1.165) is 63.6 Å². The highest BCUT2D eigenvalue weighted by atomic mass is 16.3. The van der Waals surface area contributed by atoms with Crippen LogP contribution in [0.4, 0.5) is 0 Å². The van der Waals surface area contributed by atoms with Crippen molar-refractivity contribution in [1.29, 1.82) is 0 Å². The van der Waals surface area contributed by atoms with Gasteiger partial charge in [-0.15, -0.1) is 10.2 Å². The number of fused-ring (bicyclic) bond motifs is 1. The lowest BCUT2D eigenvalue weighted by Crippen LogP contribution is -2.39. The summed E-state index contributed by atoms with van der Waals surface area (Å²) in [6.45, 7) is 5.98. The minimum absolute atomic E-state index is 0.189. The lowest BCUT2D eigenvalue weighted by atomic mass is 9.72. The summed E-state index contributed by atoms with van der Waals surface area (Å²) in [5, 5.41) is 25.2. The average molecular weight is 405 g/mol. The zero-order chi connectivity index (χ0) is 20.4. The molecule has 0 unspecified atom stereocenters. The van der Waals surface area contributed by atoms with E-state index in [1.807, 2.05) is 0 Å². The van der Waals surface area contributed by atoms with E-state index in [0.29, 0.717) is 0 Å². The fourth-order valence-corrected chi connectivity index (χ4v) is 4.80. The molecule has 0 aromatic carbocycles. The van der Waals surface area contributed by atoms with Crippen LogP contribution < -0.4 is 10.6 Å². The minimum atomic E-state index is 0.189. The van der Waals surface area contributed by atoms with Gasteiger partial charge in [-0.3, -0.25) is 4.99 Å². The highest BCUT2D eigenvalue weighted by molar-refractivity contribution is 5.79. The summed E-state index contributed by atoms with van der Waals surface area (Å²) in [6, 6.07) is 0. The van der Waals surface area contributed by atoms with Gasteiger partial charge in [-0.05, 0) is 50.9 Å². The van der Waals surface area contributed by atoms with E-state index in [9.17, 15) is 5.11 Å². The first kappa shape index (κ1) is 22.1. The van der Waals surface area contributed by atoms with Gasteiger partial charge >= 0.3 is 0 Å². The van der Waals surface area contributed by atoms with E-state index < -0.39 is 0 Å². The van der Waals surface area contributed by atoms with Gasteiger partial charge in [-0.1, -0.05) is 25.7 Å². The lowest BCUT2D eigenvalue weighted by molar-refractivity contribution is 0.137. The van der Waals surface area contributed by atoms with Crippen molar-refractivity contribution in [1.82, 2.24) is 25.4 Å². The third-order valence-corrected chi connectivity index (χ3v) is 6.53. The van der Waals surface area contributed by atoms with Crippen LogP contribution in [0, 0.1) is 5.41 Å². The number of nitrogens with one attached hydrogen (secondary N) is 2. The second kappa shape index (κ2) is 11.5. The van der Waals surface area contributed by atoms with Crippen molar-refractivity contribution in [3.8, 4) is 0 Å². The number of hydrogen-bond acceptors (Lipinski definition) is 4. The van der Waals surface area contributed by atoms with Crippen LogP contribution in [0.2, 0.25) is 0 Å². The van der Waals surface area contributed by atoms with Crippen molar-refractivity contribution in [2.45, 2.75) is 90.5 Å². The third kappa shape index (κ3) is 6.43. The predicted molar refractivity (Wildman–Crippen MR) is 117 cm³/mol. The number of aryl methyl sites for hydroxylation is 2. The van der Waals surface area contributed by atoms with Crippen LogP contribution in [0.3, 0.4) is 0 Å². The first-order valence-electron chi connectivity index (χ1n) is 11.8. The Labute approximate surface area is 175 Å². The van der Waals surface area contributed by atoms with Crippen LogP contribution in [-0.2, 0) is 19.4 Å². The van der Waals surface area contributed by atoms with E-state index >= 15 is 0 Å². The minimum Gasteiger partial charge on any atom is -0.396 e. The smallest absolute Gasteiger partial charge is 0.191 e. The second-order valence-corrected chi connectivity index (χ2v) is 8.75. The van der Waals surface area contributed by atoms with Gasteiger partial charge in [-0.2, -0.15) is 0 Å². The first-order valence-corrected chi connectivity index (χ1v) is 11.8. The molecule has 0 radical (unpaired) electrons. The van der Waals surface area contributed by atoms with Gasteiger partial charge in [0.2, 0.25) is 0 Å². The number of hydrogen-bond donors (Lipinski definition) is 3. The van der Waals surface area contributed by atoms with Crippen LogP contribution in [0.25, 0.3) is 0 Å². The summed E-state index contributed by atoms with van der Waals surface area (Å²) in [6.07, 6.45) is 13.9. The molecule has 7 nitrogen and oxygen atoms in total. The fraction of sp³-hybridized carbons (Fsp3) is 0.864. The number of aliphatic hydroxyl groups excluding tert-OH is 1. The second-order valence-electron chi connectivity index (χ2n) is 8.75. The molecule has 1 saturated carbocycles. The average Bonchev–Trinajstić information content (AvgIpc) is 2.96. The molecule has 1 aliphatic heterocycles. The molecule has 0 spiro atoms. The van der Waals surface area contributed by atoms with Gasteiger partial charge in [0.15, 0.2) is 5.96 Å². The molecule has 1 aliphatic carbocycles. The topological polar surface area (TPSA) is 87.4 Å². The highest BCUT2D eigenvalue weighted by Crippen LogP contribution is 2.39. The van der Waals surface area contributed by atoms with Gasteiger partial charge in [0.05, 0.1) is 0 Å². The van der Waals surface area contributed by atoms with Gasteiger partial charge in [0.25, 0.3) is 0 Å². The number of nitrogens with zero attached hydrogens (tertiary/aromatic N) is 4. The Kier molecular flexibility index (Phi) is 8.77. The standard InChI is InChI=1S/C22H40N6O/c1-2-23-21(25-18-22(14-17-29)12-6-4-7-13-22)24-15-9-11-20-27-26-19-10-5-3-8-16-28(19)20/h29H,2-18H2,1H3,(H2,23,24,25). The summed E-state index contributed by atoms with van der Waals surface area (Å²) in [7, 11) is 0. The van der Waals surface area contributed by atoms with Crippen molar-refractivity contribution in [3.05, 3.63) is 11.6 Å². The SMILES string of the molecule is CCNC(=NCC1(CCO)CCCCC1)NCCCc1nnc2n1CCCCC2. The normalized spacial score (nSPS) is 19.4. The molecule has 1 fully saturated rings. The molecule has 3 N–H and O–H groups in total. The van der Waals surface area contributed by atoms with Crippen molar-refractivity contribution >= 4 is 5.96 Å². The Hall–Kier alpha value is -1.63. The summed E-state index contributed by atoms with van der Waals surface area (Å²) in [4.78, 5) is 4.90. The van der Waals surface area contributed by atoms with Crippen LogP contribution in [0.5, 0.6) is 0 Å². The number of rotatable bonds is 9. The van der Waals surface area contributed by atoms with E-state index in [1.165, 1.54) is 57.2 Å². The Morgan fingerprint density at radius 3 is 2.72 bits per heavy atom. The molecule has 164 valence electrons. The van der Waals surface area contributed by atoms with Gasteiger partial charge < -0.3 is 20.3 Å². The first-order chi connectivity index (χ1) is 14.3. The van der Waals surface area contributed by atoms with Crippen molar-refractivity contribution in [2.75, 3.05) is 26.2 Å². The zero-order valence-corrected chi connectivity index (χ0v) is 18.3. The quantitative estimate of drug-likeness (QED) is 0.335. The summed E-state index contributed by atoms with van der Waals surface area (Å²) >= 11 is 0. The van der Waals surface area contributed by atoms with Crippen molar-refractivity contribution in [3.63, 3.8) is 0 Å². The predicted octanol–water partition coefficient (Wildman–Crippen LogP) is 2.83. The molecule has 0 bridgehead atoms. The lowest BCUT2D eigenvalue weighted by Gasteiger charge is -2.35. The van der Waals surface area contributed by atoms with E-state index in [2.05, 4.69) is 32.3 Å². The molecule has 7 heteroatoms. The summed E-state index contributed by atoms with van der Waals surface area (Å²) in [5.74, 6) is 3.20. The maximum Gasteiger partial charge on any atom is 0.191 e. The third-order valence-electron chi connectivity index (χ3n) is 6.53. The molecule has 0 saturated heterocycles. The number of aliphatic hydroxyl groups is 1. The van der Waals surface area contributed by atoms with Gasteiger partial charge in [0.1, 0.15) is 11.6 Å². The summed E-state index contributed by atoms with van der Waals surface area (Å²) in [5.41, 5.74) is 0.189. The van der Waals surface area contributed by atoms with Crippen LogP contribution in [0.15, 0.2) is 4.99 Å². The zero-order valence-electron chi connectivity index (χ0n) is 18.3. The number of guanidine groups is 1. The van der Waals surface area contributed by atoms with Crippen LogP contribution in [-0.4, -0.2) is 52.1 Å². The molecule has 3 rings (SSSR count). The highest BCUT2D eigenvalue weighted by Gasteiger charge is 2.31. The molecule has 2 heterocycles. The van der Waals surface area contributed by atoms with Crippen molar-refractivity contribution < 1.29 is 5.11 Å². The molecular formula is C22H40N6O. The van der Waals surface area contributed by atoms with Gasteiger partial charge in [0, 0.05) is 45.6 Å². The Morgan fingerprint density at radius 1 is 1.10 bits per heavy atom. The van der Waals surface area contributed by atoms with Gasteiger partial charge in [-0.25, -0.2) is 0 Å². The Balaban J connectivity index is 1.49. The Morgan fingerprint density at radius 2 is 1.93 bits per heavy atom. The fourth-order valence-electron chi connectivity index (χ4n) is 4.80. The maximum atomic E-state index is 9.53. The molecule has 0 amide bonds. The molecule has 1 aromatic heterocycles. The number of aromatic nitrogens is 3. The van der Waals surface area contributed by atoms with E-state index in [4.69, 9.17) is 4.99 Å². The largest absolute Gasteiger partial charge is 0.396 e. The molecule has 0 atom stereocenters. The van der Waals surface area contributed by atoms with Crippen LogP contribution in [0.1, 0.15) is 82.8 Å². The van der Waals surface area contributed by atoms with E-state index in [1.54, 1.807) is 0 Å².